The Morgan fingerprint density at radius 2 is 2.15 bits per heavy atom. The molecule has 70 valence electrons. The molecule has 0 amide bonds. The molecule has 0 fully saturated rings. The minimum atomic E-state index is 0.409. The highest BCUT2D eigenvalue weighted by molar-refractivity contribution is 5.19. The maximum atomic E-state index is 8.58. The van der Waals surface area contributed by atoms with Crippen LogP contribution in [0.2, 0.25) is 0 Å². The van der Waals surface area contributed by atoms with Crippen LogP contribution in [0.25, 0.3) is 0 Å². The van der Waals surface area contributed by atoms with Crippen molar-refractivity contribution < 1.29 is 0 Å². The molecule has 3 nitrogen and oxygen atoms in total. The largest absolute Gasteiger partial charge is 0.335 e. The molecule has 0 aromatic carbocycles. The van der Waals surface area contributed by atoms with E-state index in [1.165, 1.54) is 0 Å². The SMILES string of the molecule is Cc1c(CC#N)nc(C(C)C)n1C. The lowest BCUT2D eigenvalue weighted by atomic mass is 10.2. The molecule has 0 spiro atoms. The second kappa shape index (κ2) is 3.61. The monoisotopic (exact) mass is 177 g/mol. The fourth-order valence-corrected chi connectivity index (χ4v) is 1.42. The van der Waals surface area contributed by atoms with Gasteiger partial charge in [-0.1, -0.05) is 13.8 Å². The van der Waals surface area contributed by atoms with E-state index in [4.69, 9.17) is 5.26 Å². The average Bonchev–Trinajstić information content (AvgIpc) is 2.33. The predicted molar refractivity (Wildman–Crippen MR) is 51.4 cm³/mol. The molecule has 0 saturated carbocycles. The molecule has 0 aliphatic heterocycles. The molecule has 0 N–H and O–H groups in total. The highest BCUT2D eigenvalue weighted by atomic mass is 15.1. The average molecular weight is 177 g/mol. The Balaban J connectivity index is 3.14. The van der Waals surface area contributed by atoms with Gasteiger partial charge in [0.1, 0.15) is 5.82 Å². The molecule has 0 saturated heterocycles. The van der Waals surface area contributed by atoms with Crippen LogP contribution in [-0.4, -0.2) is 9.55 Å². The zero-order chi connectivity index (χ0) is 10.0. The van der Waals surface area contributed by atoms with Crippen LogP contribution in [0.1, 0.15) is 37.0 Å². The normalized spacial score (nSPS) is 10.5. The maximum Gasteiger partial charge on any atom is 0.111 e. The van der Waals surface area contributed by atoms with Crippen molar-refractivity contribution in [3.8, 4) is 6.07 Å². The molecule has 0 aliphatic rings. The number of hydrogen-bond donors (Lipinski definition) is 0. The van der Waals surface area contributed by atoms with E-state index in [1.807, 2.05) is 14.0 Å². The van der Waals surface area contributed by atoms with Crippen molar-refractivity contribution >= 4 is 0 Å². The molecule has 0 atom stereocenters. The van der Waals surface area contributed by atoms with Gasteiger partial charge in [-0.3, -0.25) is 0 Å². The Morgan fingerprint density at radius 3 is 2.54 bits per heavy atom. The number of nitriles is 1. The van der Waals surface area contributed by atoms with Crippen LogP contribution in [0.15, 0.2) is 0 Å². The highest BCUT2D eigenvalue weighted by Crippen LogP contribution is 2.17. The lowest BCUT2D eigenvalue weighted by Crippen LogP contribution is -2.00. The molecule has 1 rings (SSSR count). The number of nitrogens with zero attached hydrogens (tertiary/aromatic N) is 3. The quantitative estimate of drug-likeness (QED) is 0.692. The molecule has 3 heteroatoms. The van der Waals surface area contributed by atoms with E-state index in [0.29, 0.717) is 12.3 Å². The summed E-state index contributed by atoms with van der Waals surface area (Å²) in [6.45, 7) is 6.22. The Bertz CT molecular complexity index is 342. The van der Waals surface area contributed by atoms with Gasteiger partial charge in [0.25, 0.3) is 0 Å². The first-order chi connectivity index (χ1) is 6.07. The first-order valence-corrected chi connectivity index (χ1v) is 4.47. The molecule has 0 bridgehead atoms. The zero-order valence-corrected chi connectivity index (χ0v) is 8.63. The van der Waals surface area contributed by atoms with Gasteiger partial charge in [0.2, 0.25) is 0 Å². The summed E-state index contributed by atoms with van der Waals surface area (Å²) in [4.78, 5) is 4.44. The summed E-state index contributed by atoms with van der Waals surface area (Å²) in [5.41, 5.74) is 2.01. The highest BCUT2D eigenvalue weighted by Gasteiger charge is 2.12. The van der Waals surface area contributed by atoms with Gasteiger partial charge in [-0.2, -0.15) is 5.26 Å². The summed E-state index contributed by atoms with van der Waals surface area (Å²) in [5.74, 6) is 1.47. The number of imidazole rings is 1. The van der Waals surface area contributed by atoms with Crippen LogP contribution in [-0.2, 0) is 13.5 Å². The molecule has 1 heterocycles. The third-order valence-corrected chi connectivity index (χ3v) is 2.28. The van der Waals surface area contributed by atoms with Crippen LogP contribution in [0, 0.1) is 18.3 Å². The fraction of sp³-hybridized carbons (Fsp3) is 0.600. The standard InChI is InChI=1S/C10H15N3/c1-7(2)10-12-9(5-6-11)8(3)13(10)4/h7H,5H2,1-4H3. The lowest BCUT2D eigenvalue weighted by molar-refractivity contribution is 0.700. The summed E-state index contributed by atoms with van der Waals surface area (Å²) >= 11 is 0. The predicted octanol–water partition coefficient (Wildman–Crippen LogP) is 1.92. The summed E-state index contributed by atoms with van der Waals surface area (Å²) in [6.07, 6.45) is 0.409. The van der Waals surface area contributed by atoms with Gasteiger partial charge in [0.05, 0.1) is 18.2 Å². The summed E-state index contributed by atoms with van der Waals surface area (Å²) in [6, 6.07) is 2.13. The van der Waals surface area contributed by atoms with E-state index in [1.54, 1.807) is 0 Å². The van der Waals surface area contributed by atoms with Crippen molar-refractivity contribution in [2.24, 2.45) is 7.05 Å². The molecule has 0 aliphatic carbocycles. The van der Waals surface area contributed by atoms with Crippen molar-refractivity contribution in [1.82, 2.24) is 9.55 Å². The van der Waals surface area contributed by atoms with Crippen molar-refractivity contribution in [3.63, 3.8) is 0 Å². The first kappa shape index (κ1) is 9.79. The molecule has 13 heavy (non-hydrogen) atoms. The lowest BCUT2D eigenvalue weighted by Gasteiger charge is -2.04. The van der Waals surface area contributed by atoms with E-state index >= 15 is 0 Å². The van der Waals surface area contributed by atoms with Gasteiger partial charge < -0.3 is 4.57 Å². The van der Waals surface area contributed by atoms with Gasteiger partial charge in [-0.25, -0.2) is 4.98 Å². The molecule has 1 aromatic rings. The van der Waals surface area contributed by atoms with Gasteiger partial charge in [-0.15, -0.1) is 0 Å². The van der Waals surface area contributed by atoms with Gasteiger partial charge >= 0.3 is 0 Å². The number of rotatable bonds is 2. The third-order valence-electron chi connectivity index (χ3n) is 2.28. The first-order valence-electron chi connectivity index (χ1n) is 4.47. The van der Waals surface area contributed by atoms with E-state index < -0.39 is 0 Å². The molecule has 0 radical (unpaired) electrons. The maximum absolute atomic E-state index is 8.58. The van der Waals surface area contributed by atoms with Crippen LogP contribution in [0.4, 0.5) is 0 Å². The molecule has 1 aromatic heterocycles. The van der Waals surface area contributed by atoms with Gasteiger partial charge in [-0.05, 0) is 6.92 Å². The summed E-state index contributed by atoms with van der Waals surface area (Å²) in [5, 5.41) is 8.58. The smallest absolute Gasteiger partial charge is 0.111 e. The second-order valence-electron chi connectivity index (χ2n) is 3.55. The molecular formula is C10H15N3. The van der Waals surface area contributed by atoms with E-state index in [9.17, 15) is 0 Å². The Kier molecular flexibility index (Phi) is 2.72. The van der Waals surface area contributed by atoms with E-state index in [2.05, 4.69) is 29.5 Å². The summed E-state index contributed by atoms with van der Waals surface area (Å²) in [7, 11) is 2.00. The zero-order valence-electron chi connectivity index (χ0n) is 8.63. The number of hydrogen-bond acceptors (Lipinski definition) is 2. The van der Waals surface area contributed by atoms with Crippen LogP contribution in [0.5, 0.6) is 0 Å². The van der Waals surface area contributed by atoms with Crippen molar-refractivity contribution in [2.75, 3.05) is 0 Å². The van der Waals surface area contributed by atoms with Crippen LogP contribution < -0.4 is 0 Å². The van der Waals surface area contributed by atoms with Crippen LogP contribution in [0.3, 0.4) is 0 Å². The fourth-order valence-electron chi connectivity index (χ4n) is 1.42. The Hall–Kier alpha value is -1.30. The summed E-state index contributed by atoms with van der Waals surface area (Å²) < 4.78 is 2.07. The van der Waals surface area contributed by atoms with Gasteiger partial charge in [0, 0.05) is 18.7 Å². The topological polar surface area (TPSA) is 41.6 Å². The minimum Gasteiger partial charge on any atom is -0.335 e. The van der Waals surface area contributed by atoms with Crippen molar-refractivity contribution in [3.05, 3.63) is 17.2 Å². The third kappa shape index (κ3) is 1.72. The minimum absolute atomic E-state index is 0.409. The van der Waals surface area contributed by atoms with E-state index in [0.717, 1.165) is 17.2 Å². The Morgan fingerprint density at radius 1 is 1.54 bits per heavy atom. The van der Waals surface area contributed by atoms with Crippen LogP contribution >= 0.6 is 0 Å². The van der Waals surface area contributed by atoms with Crippen molar-refractivity contribution in [2.45, 2.75) is 33.1 Å². The Labute approximate surface area is 79.0 Å². The van der Waals surface area contributed by atoms with Gasteiger partial charge in [0.15, 0.2) is 0 Å². The van der Waals surface area contributed by atoms with Crippen molar-refractivity contribution in [1.29, 1.82) is 5.26 Å². The second-order valence-corrected chi connectivity index (χ2v) is 3.55. The number of aromatic nitrogens is 2. The molecular weight excluding hydrogens is 162 g/mol. The van der Waals surface area contributed by atoms with E-state index in [-0.39, 0.29) is 0 Å². The molecule has 0 unspecified atom stereocenters.